The lowest BCUT2D eigenvalue weighted by Crippen LogP contribution is -2.47. The monoisotopic (exact) mass is 377 g/mol. The lowest BCUT2D eigenvalue weighted by molar-refractivity contribution is 0.0958. The van der Waals surface area contributed by atoms with Crippen molar-refractivity contribution < 1.29 is 13.2 Å². The van der Waals surface area contributed by atoms with Crippen molar-refractivity contribution in [3.8, 4) is 0 Å². The zero-order valence-corrected chi connectivity index (χ0v) is 15.9. The van der Waals surface area contributed by atoms with Gasteiger partial charge in [0.2, 0.25) is 10.0 Å². The molecule has 1 aliphatic heterocycles. The maximum absolute atomic E-state index is 12.8. The highest BCUT2D eigenvalue weighted by Gasteiger charge is 2.47. The smallest absolute Gasteiger partial charge is 0.251 e. The Morgan fingerprint density at radius 1 is 1.23 bits per heavy atom. The fraction of sp³-hybridized carbons (Fsp3) is 0.526. The topological polar surface area (TPSA) is 78.5 Å². The van der Waals surface area contributed by atoms with Gasteiger partial charge < -0.3 is 10.2 Å². The number of nitrogens with zero attached hydrogens (tertiary/aromatic N) is 1. The van der Waals surface area contributed by atoms with Crippen LogP contribution >= 0.6 is 0 Å². The molecule has 142 valence electrons. The first kappa shape index (κ1) is 19.1. The predicted molar refractivity (Wildman–Crippen MR) is 102 cm³/mol. The van der Waals surface area contributed by atoms with E-state index in [0.717, 1.165) is 32.5 Å². The summed E-state index contributed by atoms with van der Waals surface area (Å²) in [5.74, 6) is -0.309. The highest BCUT2D eigenvalue weighted by atomic mass is 32.2. The van der Waals surface area contributed by atoms with Gasteiger partial charge in [0.05, 0.1) is 4.90 Å². The van der Waals surface area contributed by atoms with Gasteiger partial charge >= 0.3 is 0 Å². The third-order valence-corrected chi connectivity index (χ3v) is 6.57. The second-order valence-electron chi connectivity index (χ2n) is 7.25. The number of sulfonamides is 1. The molecule has 1 aromatic carbocycles. The predicted octanol–water partition coefficient (Wildman–Crippen LogP) is 1.90. The van der Waals surface area contributed by atoms with Gasteiger partial charge in [0.1, 0.15) is 0 Å². The molecule has 3 rings (SSSR count). The van der Waals surface area contributed by atoms with Gasteiger partial charge in [-0.25, -0.2) is 13.1 Å². The normalized spacial score (nSPS) is 19.7. The minimum atomic E-state index is -3.66. The zero-order valence-electron chi connectivity index (χ0n) is 15.0. The standard InChI is InChI=1S/C19H27N3O3S/c1-2-11-20-18(23)16-7-6-8-17(14-16)26(24,25)21-19(9-10-19)15-22-12-4-3-5-13-22/h2,6-8,14,21H,1,3-5,9-13,15H2,(H,20,23). The summed E-state index contributed by atoms with van der Waals surface area (Å²) in [7, 11) is -3.66. The number of carbonyl (C=O) groups is 1. The van der Waals surface area contributed by atoms with Crippen LogP contribution in [0.4, 0.5) is 0 Å². The van der Waals surface area contributed by atoms with Gasteiger partial charge in [0.25, 0.3) is 5.91 Å². The molecule has 26 heavy (non-hydrogen) atoms. The fourth-order valence-corrected chi connectivity index (χ4v) is 4.90. The highest BCUT2D eigenvalue weighted by molar-refractivity contribution is 7.89. The Kier molecular flexibility index (Phi) is 5.79. The van der Waals surface area contributed by atoms with Crippen LogP contribution < -0.4 is 10.0 Å². The molecule has 2 aliphatic rings. The molecule has 1 saturated carbocycles. The van der Waals surface area contributed by atoms with Crippen molar-refractivity contribution in [2.24, 2.45) is 0 Å². The maximum atomic E-state index is 12.8. The fourth-order valence-electron chi connectivity index (χ4n) is 3.40. The number of carbonyl (C=O) groups excluding carboxylic acids is 1. The summed E-state index contributed by atoms with van der Waals surface area (Å²) < 4.78 is 28.6. The van der Waals surface area contributed by atoms with E-state index in [2.05, 4.69) is 21.5 Å². The van der Waals surface area contributed by atoms with Crippen molar-refractivity contribution >= 4 is 15.9 Å². The van der Waals surface area contributed by atoms with Crippen molar-refractivity contribution in [1.29, 1.82) is 0 Å². The minimum absolute atomic E-state index is 0.133. The molecule has 1 aromatic rings. The van der Waals surface area contributed by atoms with Gasteiger partial charge in [-0.1, -0.05) is 18.6 Å². The minimum Gasteiger partial charge on any atom is -0.349 e. The van der Waals surface area contributed by atoms with Gasteiger partial charge in [-0.2, -0.15) is 0 Å². The second-order valence-corrected chi connectivity index (χ2v) is 8.93. The Morgan fingerprint density at radius 2 is 1.96 bits per heavy atom. The number of rotatable bonds is 8. The van der Waals surface area contributed by atoms with Gasteiger partial charge in [-0.05, 0) is 57.0 Å². The molecule has 6 nitrogen and oxygen atoms in total. The van der Waals surface area contributed by atoms with Crippen LogP contribution in [0.2, 0.25) is 0 Å². The molecule has 0 spiro atoms. The van der Waals surface area contributed by atoms with E-state index < -0.39 is 10.0 Å². The summed E-state index contributed by atoms with van der Waals surface area (Å²) in [4.78, 5) is 14.6. The maximum Gasteiger partial charge on any atom is 0.251 e. The Hall–Kier alpha value is -1.70. The Bertz CT molecular complexity index is 766. The largest absolute Gasteiger partial charge is 0.349 e. The molecule has 0 bridgehead atoms. The summed E-state index contributed by atoms with van der Waals surface area (Å²) in [6.45, 7) is 6.75. The van der Waals surface area contributed by atoms with Gasteiger partial charge in [0, 0.05) is 24.2 Å². The molecule has 1 saturated heterocycles. The summed E-state index contributed by atoms with van der Waals surface area (Å²) in [6, 6.07) is 6.17. The van der Waals surface area contributed by atoms with E-state index in [1.54, 1.807) is 18.2 Å². The van der Waals surface area contributed by atoms with E-state index in [0.29, 0.717) is 12.1 Å². The zero-order chi connectivity index (χ0) is 18.6. The molecule has 1 amide bonds. The number of hydrogen-bond acceptors (Lipinski definition) is 4. The third-order valence-electron chi connectivity index (χ3n) is 4.99. The second kappa shape index (κ2) is 7.90. The molecule has 0 unspecified atom stereocenters. The molecule has 7 heteroatoms. The first-order valence-electron chi connectivity index (χ1n) is 9.20. The van der Waals surface area contributed by atoms with E-state index in [1.807, 2.05) is 0 Å². The quantitative estimate of drug-likeness (QED) is 0.678. The first-order chi connectivity index (χ1) is 12.4. The average Bonchev–Trinajstić information content (AvgIpc) is 3.38. The number of nitrogens with one attached hydrogen (secondary N) is 2. The Labute approximate surface area is 155 Å². The van der Waals surface area contributed by atoms with Crippen LogP contribution in [0, 0.1) is 0 Å². The lowest BCUT2D eigenvalue weighted by atomic mass is 10.1. The average molecular weight is 378 g/mol. The lowest BCUT2D eigenvalue weighted by Gasteiger charge is -2.30. The number of piperidine rings is 1. The van der Waals surface area contributed by atoms with Crippen LogP contribution in [0.5, 0.6) is 0 Å². The van der Waals surface area contributed by atoms with Crippen LogP contribution in [0.3, 0.4) is 0 Å². The molecular weight excluding hydrogens is 350 g/mol. The van der Waals surface area contributed by atoms with Crippen LogP contribution in [0.15, 0.2) is 41.8 Å². The molecule has 0 aromatic heterocycles. The number of hydrogen-bond donors (Lipinski definition) is 2. The van der Waals surface area contributed by atoms with Crippen LogP contribution in [-0.4, -0.2) is 50.9 Å². The SMILES string of the molecule is C=CCNC(=O)c1cccc(S(=O)(=O)NC2(CN3CCCCC3)CC2)c1. The molecule has 2 fully saturated rings. The van der Waals surface area contributed by atoms with Gasteiger partial charge in [-0.3, -0.25) is 4.79 Å². The van der Waals surface area contributed by atoms with E-state index in [-0.39, 0.29) is 16.3 Å². The van der Waals surface area contributed by atoms with Crippen LogP contribution in [0.25, 0.3) is 0 Å². The molecular formula is C19H27N3O3S. The number of likely N-dealkylation sites (tertiary alicyclic amines) is 1. The van der Waals surface area contributed by atoms with Crippen molar-refractivity contribution in [2.45, 2.75) is 42.5 Å². The number of amides is 1. The summed E-state index contributed by atoms with van der Waals surface area (Å²) in [6.07, 6.45) is 6.94. The van der Waals surface area contributed by atoms with Crippen molar-refractivity contribution in [3.63, 3.8) is 0 Å². The van der Waals surface area contributed by atoms with Gasteiger partial charge in [0.15, 0.2) is 0 Å². The Balaban J connectivity index is 1.69. The van der Waals surface area contributed by atoms with Gasteiger partial charge in [-0.15, -0.1) is 6.58 Å². The van der Waals surface area contributed by atoms with E-state index in [4.69, 9.17) is 0 Å². The first-order valence-corrected chi connectivity index (χ1v) is 10.7. The van der Waals surface area contributed by atoms with E-state index >= 15 is 0 Å². The molecule has 1 heterocycles. The van der Waals surface area contributed by atoms with E-state index in [9.17, 15) is 13.2 Å². The number of benzene rings is 1. The van der Waals surface area contributed by atoms with Crippen molar-refractivity contribution in [2.75, 3.05) is 26.2 Å². The molecule has 0 radical (unpaired) electrons. The third kappa shape index (κ3) is 4.72. The Morgan fingerprint density at radius 3 is 2.62 bits per heavy atom. The van der Waals surface area contributed by atoms with E-state index in [1.165, 1.54) is 31.4 Å². The van der Waals surface area contributed by atoms with Crippen LogP contribution in [0.1, 0.15) is 42.5 Å². The highest BCUT2D eigenvalue weighted by Crippen LogP contribution is 2.38. The summed E-state index contributed by atoms with van der Waals surface area (Å²) >= 11 is 0. The van der Waals surface area contributed by atoms with Crippen molar-refractivity contribution in [1.82, 2.24) is 14.9 Å². The molecule has 0 atom stereocenters. The van der Waals surface area contributed by atoms with Crippen LogP contribution in [-0.2, 0) is 10.0 Å². The van der Waals surface area contributed by atoms with Crippen molar-refractivity contribution in [3.05, 3.63) is 42.5 Å². The summed E-state index contributed by atoms with van der Waals surface area (Å²) in [5.41, 5.74) is -0.0207. The summed E-state index contributed by atoms with van der Waals surface area (Å²) in [5, 5.41) is 2.66. The molecule has 1 aliphatic carbocycles. The molecule has 2 N–H and O–H groups in total.